The van der Waals surface area contributed by atoms with Crippen LogP contribution in [0.2, 0.25) is 0 Å². The van der Waals surface area contributed by atoms with E-state index < -0.39 is 5.91 Å². The van der Waals surface area contributed by atoms with Gasteiger partial charge in [-0.05, 0) is 55.0 Å². The van der Waals surface area contributed by atoms with Gasteiger partial charge >= 0.3 is 0 Å². The summed E-state index contributed by atoms with van der Waals surface area (Å²) >= 11 is 0. The third-order valence-corrected chi connectivity index (χ3v) is 3.18. The molecule has 0 atom stereocenters. The first-order chi connectivity index (χ1) is 8.61. The average molecular weight is 242 g/mol. The number of nitrogens with two attached hydrogens (primary N) is 1. The van der Waals surface area contributed by atoms with Crippen LogP contribution in [0.3, 0.4) is 0 Å². The van der Waals surface area contributed by atoms with Crippen LogP contribution >= 0.6 is 0 Å². The highest BCUT2D eigenvalue weighted by Gasteiger charge is 2.13. The van der Waals surface area contributed by atoms with Crippen LogP contribution in [0, 0.1) is 11.3 Å². The van der Waals surface area contributed by atoms with E-state index in [2.05, 4.69) is 0 Å². The summed E-state index contributed by atoms with van der Waals surface area (Å²) in [4.78, 5) is 11.0. The molecule has 1 aromatic rings. The summed E-state index contributed by atoms with van der Waals surface area (Å²) in [5.74, 6) is -0.695. The molecule has 0 heterocycles. The number of amides is 1. The number of benzene rings is 1. The summed E-state index contributed by atoms with van der Waals surface area (Å²) in [5.41, 5.74) is 7.72. The molecule has 0 bridgehead atoms. The van der Waals surface area contributed by atoms with Crippen molar-refractivity contribution in [3.63, 3.8) is 0 Å². The summed E-state index contributed by atoms with van der Waals surface area (Å²) in [5, 5.41) is 18.7. The predicted octanol–water partition coefficient (Wildman–Crippen LogP) is 1.66. The molecule has 1 aromatic carbocycles. The molecule has 0 fully saturated rings. The van der Waals surface area contributed by atoms with Crippen LogP contribution in [0.1, 0.15) is 29.5 Å². The molecule has 4 heteroatoms. The average Bonchev–Trinajstić information content (AvgIpc) is 2.35. The van der Waals surface area contributed by atoms with E-state index in [9.17, 15) is 9.90 Å². The summed E-state index contributed by atoms with van der Waals surface area (Å²) in [7, 11) is 0. The second-order valence-corrected chi connectivity index (χ2v) is 4.42. The van der Waals surface area contributed by atoms with E-state index in [0.717, 1.165) is 31.2 Å². The zero-order valence-electron chi connectivity index (χ0n) is 9.94. The normalized spacial score (nSPS) is 14.7. The summed E-state index contributed by atoms with van der Waals surface area (Å²) in [6.07, 6.45) is 5.53. The van der Waals surface area contributed by atoms with Crippen LogP contribution in [-0.2, 0) is 17.6 Å². The SMILES string of the molecule is N#C/C(=C/c1cc2c(cc1O)CCCC2)C(N)=O. The van der Waals surface area contributed by atoms with Gasteiger partial charge in [-0.2, -0.15) is 5.26 Å². The molecule has 0 aromatic heterocycles. The van der Waals surface area contributed by atoms with Crippen LogP contribution in [-0.4, -0.2) is 11.0 Å². The molecule has 0 radical (unpaired) electrons. The van der Waals surface area contributed by atoms with Gasteiger partial charge in [-0.15, -0.1) is 0 Å². The first-order valence-electron chi connectivity index (χ1n) is 5.88. The number of phenolic OH excluding ortho intramolecular Hbond substituents is 1. The molecule has 4 nitrogen and oxygen atoms in total. The zero-order chi connectivity index (χ0) is 13.1. The van der Waals surface area contributed by atoms with Crippen molar-refractivity contribution >= 4 is 12.0 Å². The topological polar surface area (TPSA) is 87.1 Å². The standard InChI is InChI=1S/C14H14N2O2/c15-8-12(14(16)18)6-11-5-9-3-1-2-4-10(9)7-13(11)17/h5-7,17H,1-4H2,(H2,16,18)/b12-6-. The number of hydrogen-bond acceptors (Lipinski definition) is 3. The van der Waals surface area contributed by atoms with Crippen molar-refractivity contribution in [1.29, 1.82) is 5.26 Å². The Balaban J connectivity index is 2.46. The third kappa shape index (κ3) is 2.35. The molecular weight excluding hydrogens is 228 g/mol. The molecule has 0 unspecified atom stereocenters. The number of phenols is 1. The van der Waals surface area contributed by atoms with Gasteiger partial charge in [-0.3, -0.25) is 4.79 Å². The smallest absolute Gasteiger partial charge is 0.259 e. The highest BCUT2D eigenvalue weighted by atomic mass is 16.3. The van der Waals surface area contributed by atoms with Gasteiger partial charge in [0.05, 0.1) is 0 Å². The van der Waals surface area contributed by atoms with Crippen molar-refractivity contribution in [3.05, 3.63) is 34.4 Å². The van der Waals surface area contributed by atoms with E-state index in [0.29, 0.717) is 5.56 Å². The maximum Gasteiger partial charge on any atom is 0.259 e. The molecule has 0 spiro atoms. The Labute approximate surface area is 105 Å². The molecule has 0 saturated carbocycles. The summed E-state index contributed by atoms with van der Waals surface area (Å²) in [6, 6.07) is 5.29. The number of aromatic hydroxyl groups is 1. The van der Waals surface area contributed by atoms with Crippen LogP contribution in [0.4, 0.5) is 0 Å². The number of nitrogens with zero attached hydrogens (tertiary/aromatic N) is 1. The van der Waals surface area contributed by atoms with Crippen molar-refractivity contribution < 1.29 is 9.90 Å². The lowest BCUT2D eigenvalue weighted by molar-refractivity contribution is -0.114. The van der Waals surface area contributed by atoms with Crippen molar-refractivity contribution in [2.24, 2.45) is 5.73 Å². The number of primary amides is 1. The van der Waals surface area contributed by atoms with Crippen molar-refractivity contribution in [1.82, 2.24) is 0 Å². The number of aryl methyl sites for hydroxylation is 2. The number of carbonyl (C=O) groups is 1. The quantitative estimate of drug-likeness (QED) is 0.610. The van der Waals surface area contributed by atoms with E-state index in [4.69, 9.17) is 11.0 Å². The lowest BCUT2D eigenvalue weighted by atomic mass is 9.89. The van der Waals surface area contributed by atoms with Crippen LogP contribution in [0.15, 0.2) is 17.7 Å². The molecule has 0 aliphatic heterocycles. The van der Waals surface area contributed by atoms with Gasteiger partial charge in [0.15, 0.2) is 0 Å². The van der Waals surface area contributed by atoms with Crippen molar-refractivity contribution in [2.45, 2.75) is 25.7 Å². The maximum absolute atomic E-state index is 11.0. The van der Waals surface area contributed by atoms with Crippen LogP contribution in [0.5, 0.6) is 5.75 Å². The lowest BCUT2D eigenvalue weighted by Gasteiger charge is -2.16. The summed E-state index contributed by atoms with van der Waals surface area (Å²) < 4.78 is 0. The molecule has 1 aliphatic carbocycles. The number of fused-ring (bicyclic) bond motifs is 1. The second kappa shape index (κ2) is 4.92. The molecule has 92 valence electrons. The van der Waals surface area contributed by atoms with E-state index in [1.54, 1.807) is 12.1 Å². The number of nitriles is 1. The predicted molar refractivity (Wildman–Crippen MR) is 67.5 cm³/mol. The van der Waals surface area contributed by atoms with E-state index in [-0.39, 0.29) is 11.3 Å². The summed E-state index contributed by atoms with van der Waals surface area (Å²) in [6.45, 7) is 0. The Bertz CT molecular complexity index is 568. The van der Waals surface area contributed by atoms with Gasteiger partial charge < -0.3 is 10.8 Å². The third-order valence-electron chi connectivity index (χ3n) is 3.18. The fourth-order valence-electron chi connectivity index (χ4n) is 2.22. The fourth-order valence-corrected chi connectivity index (χ4v) is 2.22. The minimum absolute atomic E-state index is 0.0876. The highest BCUT2D eigenvalue weighted by molar-refractivity contribution is 6.00. The number of rotatable bonds is 2. The van der Waals surface area contributed by atoms with Gasteiger partial charge in [0.1, 0.15) is 17.4 Å². The molecular formula is C14H14N2O2. The number of carbonyl (C=O) groups excluding carboxylic acids is 1. The van der Waals surface area contributed by atoms with Gasteiger partial charge in [0, 0.05) is 5.56 Å². The molecule has 1 amide bonds. The first-order valence-corrected chi connectivity index (χ1v) is 5.88. The maximum atomic E-state index is 11.0. The molecule has 18 heavy (non-hydrogen) atoms. The highest BCUT2D eigenvalue weighted by Crippen LogP contribution is 2.29. The minimum atomic E-state index is -0.783. The Morgan fingerprint density at radius 3 is 2.50 bits per heavy atom. The Hall–Kier alpha value is -2.28. The number of hydrogen-bond donors (Lipinski definition) is 2. The Kier molecular flexibility index (Phi) is 3.33. The van der Waals surface area contributed by atoms with E-state index in [1.807, 2.05) is 6.07 Å². The van der Waals surface area contributed by atoms with Gasteiger partial charge in [0.2, 0.25) is 0 Å². The van der Waals surface area contributed by atoms with Crippen LogP contribution < -0.4 is 5.73 Å². The van der Waals surface area contributed by atoms with Gasteiger partial charge in [-0.25, -0.2) is 0 Å². The molecule has 1 aliphatic rings. The first kappa shape index (κ1) is 12.2. The minimum Gasteiger partial charge on any atom is -0.507 e. The Morgan fingerprint density at radius 1 is 1.33 bits per heavy atom. The largest absolute Gasteiger partial charge is 0.507 e. The monoisotopic (exact) mass is 242 g/mol. The van der Waals surface area contributed by atoms with Crippen molar-refractivity contribution in [3.8, 4) is 11.8 Å². The zero-order valence-corrected chi connectivity index (χ0v) is 9.94. The lowest BCUT2D eigenvalue weighted by Crippen LogP contribution is -2.12. The van der Waals surface area contributed by atoms with Crippen molar-refractivity contribution in [2.75, 3.05) is 0 Å². The fraction of sp³-hybridized carbons (Fsp3) is 0.286. The molecule has 3 N–H and O–H groups in total. The molecule has 2 rings (SSSR count). The van der Waals surface area contributed by atoms with Gasteiger partial charge in [-0.1, -0.05) is 0 Å². The van der Waals surface area contributed by atoms with Crippen LogP contribution in [0.25, 0.3) is 6.08 Å². The Morgan fingerprint density at radius 2 is 1.94 bits per heavy atom. The second-order valence-electron chi connectivity index (χ2n) is 4.42. The van der Waals surface area contributed by atoms with E-state index >= 15 is 0 Å². The van der Waals surface area contributed by atoms with Gasteiger partial charge in [0.25, 0.3) is 5.91 Å². The molecule has 0 saturated heterocycles. The van der Waals surface area contributed by atoms with E-state index in [1.165, 1.54) is 11.6 Å².